The topological polar surface area (TPSA) is 95.7 Å². The Labute approximate surface area is 156 Å². The lowest BCUT2D eigenvalue weighted by Gasteiger charge is -2.34. The summed E-state index contributed by atoms with van der Waals surface area (Å²) >= 11 is 1.39. The van der Waals surface area contributed by atoms with Gasteiger partial charge in [0.2, 0.25) is 11.8 Å². The molecule has 0 fully saturated rings. The van der Waals surface area contributed by atoms with Crippen molar-refractivity contribution in [3.63, 3.8) is 0 Å². The van der Waals surface area contributed by atoms with Crippen LogP contribution in [-0.2, 0) is 14.4 Å². The van der Waals surface area contributed by atoms with E-state index in [1.807, 2.05) is 27.8 Å². The van der Waals surface area contributed by atoms with Crippen LogP contribution in [0.2, 0.25) is 0 Å². The molecule has 0 saturated heterocycles. The van der Waals surface area contributed by atoms with Gasteiger partial charge in [-0.05, 0) is 25.8 Å². The number of hydrogen-bond donors (Lipinski definition) is 2. The van der Waals surface area contributed by atoms with Crippen LogP contribution in [0.4, 0.5) is 0 Å². The highest BCUT2D eigenvalue weighted by Gasteiger charge is 2.34. The van der Waals surface area contributed by atoms with Gasteiger partial charge < -0.3 is 20.9 Å². The van der Waals surface area contributed by atoms with Gasteiger partial charge in [-0.2, -0.15) is 0 Å². The number of rotatable bonds is 12. The molecule has 8 heteroatoms. The molecule has 0 aliphatic heterocycles. The molecule has 0 rings (SSSR count). The molecule has 0 unspecified atom stereocenters. The van der Waals surface area contributed by atoms with Crippen LogP contribution in [0.15, 0.2) is 0 Å². The Bertz CT molecular complexity index is 446. The van der Waals surface area contributed by atoms with E-state index in [4.69, 9.17) is 5.73 Å². The van der Waals surface area contributed by atoms with Crippen LogP contribution in [0.1, 0.15) is 40.0 Å². The molecular formula is C17H34N4O3S. The van der Waals surface area contributed by atoms with Crippen LogP contribution in [-0.4, -0.2) is 72.4 Å². The minimum Gasteiger partial charge on any atom is -0.368 e. The average Bonchev–Trinajstić information content (AvgIpc) is 2.54. The highest BCUT2D eigenvalue weighted by molar-refractivity contribution is 8.00. The van der Waals surface area contributed by atoms with E-state index in [0.29, 0.717) is 18.6 Å². The smallest absolute Gasteiger partial charge is 0.256 e. The van der Waals surface area contributed by atoms with Crippen molar-refractivity contribution in [2.24, 2.45) is 11.7 Å². The Morgan fingerprint density at radius 1 is 1.16 bits per heavy atom. The van der Waals surface area contributed by atoms with Gasteiger partial charge in [-0.3, -0.25) is 14.4 Å². The Balaban J connectivity index is 5.33. The third-order valence-electron chi connectivity index (χ3n) is 3.89. The molecule has 0 bridgehead atoms. The second kappa shape index (κ2) is 12.1. The standard InChI is InChI=1S/C17H34N4O3S/c1-7-8-14(22)21(6)17(25-10-9-19-4)16(24)20(5)13(15(18)23)11-12(2)3/h12-13,17,19H,7-11H2,1-6H3,(H2,18,23)/t13-,17+/m0/s1. The van der Waals surface area contributed by atoms with Crippen molar-refractivity contribution in [2.75, 3.05) is 33.4 Å². The fourth-order valence-corrected chi connectivity index (χ4v) is 3.58. The quantitative estimate of drug-likeness (QED) is 0.391. The van der Waals surface area contributed by atoms with Gasteiger partial charge in [-0.25, -0.2) is 0 Å². The molecule has 2 atom stereocenters. The molecule has 3 N–H and O–H groups in total. The lowest BCUT2D eigenvalue weighted by Crippen LogP contribution is -2.53. The molecule has 0 radical (unpaired) electrons. The molecule has 0 saturated carbocycles. The molecule has 0 aromatic rings. The maximum atomic E-state index is 13.0. The highest BCUT2D eigenvalue weighted by atomic mass is 32.2. The van der Waals surface area contributed by atoms with Crippen LogP contribution in [0.5, 0.6) is 0 Å². The van der Waals surface area contributed by atoms with E-state index in [2.05, 4.69) is 5.32 Å². The monoisotopic (exact) mass is 374 g/mol. The number of carbonyl (C=O) groups is 3. The van der Waals surface area contributed by atoms with Crippen LogP contribution in [0.3, 0.4) is 0 Å². The zero-order chi connectivity index (χ0) is 19.6. The predicted molar refractivity (Wildman–Crippen MR) is 103 cm³/mol. The molecule has 0 spiro atoms. The summed E-state index contributed by atoms with van der Waals surface area (Å²) in [4.78, 5) is 39.9. The lowest BCUT2D eigenvalue weighted by molar-refractivity contribution is -0.144. The van der Waals surface area contributed by atoms with Crippen molar-refractivity contribution >= 4 is 29.5 Å². The number of thioether (sulfide) groups is 1. The minimum absolute atomic E-state index is 0.0781. The molecular weight excluding hydrogens is 340 g/mol. The van der Waals surface area contributed by atoms with Crippen LogP contribution >= 0.6 is 11.8 Å². The van der Waals surface area contributed by atoms with Gasteiger partial charge in [0.25, 0.3) is 5.91 Å². The van der Waals surface area contributed by atoms with Crippen LogP contribution in [0, 0.1) is 5.92 Å². The number of primary amides is 1. The lowest BCUT2D eigenvalue weighted by atomic mass is 10.0. The van der Waals surface area contributed by atoms with E-state index in [1.54, 1.807) is 14.1 Å². The molecule has 25 heavy (non-hydrogen) atoms. The number of amides is 3. The van der Waals surface area contributed by atoms with Crippen molar-refractivity contribution < 1.29 is 14.4 Å². The van der Waals surface area contributed by atoms with E-state index in [9.17, 15) is 14.4 Å². The zero-order valence-corrected chi connectivity index (χ0v) is 17.2. The molecule has 0 aliphatic carbocycles. The Kier molecular flexibility index (Phi) is 11.5. The first-order valence-corrected chi connectivity index (χ1v) is 9.79. The van der Waals surface area contributed by atoms with Crippen molar-refractivity contribution in [1.82, 2.24) is 15.1 Å². The SMILES string of the molecule is CCCC(=O)N(C)[C@H](SCCNC)C(=O)N(C)[C@@H](CC(C)C)C(N)=O. The Morgan fingerprint density at radius 2 is 1.76 bits per heavy atom. The number of carbonyl (C=O) groups excluding carboxylic acids is 3. The summed E-state index contributed by atoms with van der Waals surface area (Å²) in [6, 6.07) is -0.672. The summed E-state index contributed by atoms with van der Waals surface area (Å²) in [6.45, 7) is 6.60. The maximum absolute atomic E-state index is 13.0. The van der Waals surface area contributed by atoms with Crippen LogP contribution < -0.4 is 11.1 Å². The van der Waals surface area contributed by atoms with E-state index >= 15 is 0 Å². The molecule has 7 nitrogen and oxygen atoms in total. The van der Waals surface area contributed by atoms with E-state index in [-0.39, 0.29) is 17.7 Å². The van der Waals surface area contributed by atoms with Gasteiger partial charge in [0, 0.05) is 32.8 Å². The zero-order valence-electron chi connectivity index (χ0n) is 16.4. The number of nitrogens with zero attached hydrogens (tertiary/aromatic N) is 2. The Morgan fingerprint density at radius 3 is 2.20 bits per heavy atom. The van der Waals surface area contributed by atoms with E-state index in [1.165, 1.54) is 21.6 Å². The number of nitrogens with one attached hydrogen (secondary N) is 1. The largest absolute Gasteiger partial charge is 0.368 e. The van der Waals surface area contributed by atoms with Gasteiger partial charge in [0.1, 0.15) is 6.04 Å². The summed E-state index contributed by atoms with van der Waals surface area (Å²) in [7, 11) is 5.06. The molecule has 0 aromatic heterocycles. The third-order valence-corrected chi connectivity index (χ3v) is 5.16. The number of likely N-dealkylation sites (N-methyl/N-ethyl adjacent to an activating group) is 2. The van der Waals surface area contributed by atoms with E-state index in [0.717, 1.165) is 13.0 Å². The molecule has 3 amide bonds. The second-order valence-corrected chi connectivity index (χ2v) is 7.77. The van der Waals surface area contributed by atoms with Crippen molar-refractivity contribution in [2.45, 2.75) is 51.4 Å². The van der Waals surface area contributed by atoms with Gasteiger partial charge in [-0.15, -0.1) is 11.8 Å². The van der Waals surface area contributed by atoms with Gasteiger partial charge in [-0.1, -0.05) is 20.8 Å². The summed E-state index contributed by atoms with van der Waals surface area (Å²) in [5.74, 6) is 0.0347. The summed E-state index contributed by atoms with van der Waals surface area (Å²) < 4.78 is 0. The first-order chi connectivity index (χ1) is 11.7. The van der Waals surface area contributed by atoms with E-state index < -0.39 is 17.3 Å². The molecule has 0 heterocycles. The van der Waals surface area contributed by atoms with Gasteiger partial charge in [0.15, 0.2) is 5.37 Å². The summed E-state index contributed by atoms with van der Waals surface area (Å²) in [6.07, 6.45) is 1.61. The molecule has 0 aliphatic rings. The fourth-order valence-electron chi connectivity index (χ4n) is 2.38. The predicted octanol–water partition coefficient (Wildman–Crippen LogP) is 0.882. The highest BCUT2D eigenvalue weighted by Crippen LogP contribution is 2.20. The fraction of sp³-hybridized carbons (Fsp3) is 0.824. The molecule has 146 valence electrons. The Hall–Kier alpha value is -1.28. The van der Waals surface area contributed by atoms with Crippen molar-refractivity contribution in [1.29, 1.82) is 0 Å². The summed E-state index contributed by atoms with van der Waals surface area (Å²) in [5.41, 5.74) is 5.50. The first-order valence-electron chi connectivity index (χ1n) is 8.75. The van der Waals surface area contributed by atoms with Gasteiger partial charge in [0.05, 0.1) is 0 Å². The third kappa shape index (κ3) is 8.09. The average molecular weight is 375 g/mol. The first kappa shape index (κ1) is 23.7. The van der Waals surface area contributed by atoms with Crippen molar-refractivity contribution in [3.8, 4) is 0 Å². The molecule has 0 aromatic carbocycles. The van der Waals surface area contributed by atoms with Gasteiger partial charge >= 0.3 is 0 Å². The second-order valence-electron chi connectivity index (χ2n) is 6.58. The van der Waals surface area contributed by atoms with Crippen LogP contribution in [0.25, 0.3) is 0 Å². The normalized spacial score (nSPS) is 13.4. The maximum Gasteiger partial charge on any atom is 0.256 e. The minimum atomic E-state index is -0.672. The van der Waals surface area contributed by atoms with Crippen molar-refractivity contribution in [3.05, 3.63) is 0 Å². The number of hydrogen-bond acceptors (Lipinski definition) is 5. The number of nitrogens with two attached hydrogens (primary N) is 1. The summed E-state index contributed by atoms with van der Waals surface area (Å²) in [5, 5.41) is 2.37.